The fourth-order valence-corrected chi connectivity index (χ4v) is 5.57. The van der Waals surface area contributed by atoms with Crippen LogP contribution in [-0.4, -0.2) is 36.9 Å². The van der Waals surface area contributed by atoms with E-state index in [0.29, 0.717) is 15.9 Å². The molecule has 4 aromatic rings. The van der Waals surface area contributed by atoms with Crippen molar-refractivity contribution in [3.8, 4) is 0 Å². The van der Waals surface area contributed by atoms with Gasteiger partial charge in [-0.05, 0) is 30.3 Å². The van der Waals surface area contributed by atoms with Crippen molar-refractivity contribution in [1.29, 1.82) is 0 Å². The van der Waals surface area contributed by atoms with E-state index in [0.717, 1.165) is 24.4 Å². The fraction of sp³-hybridized carbons (Fsp3) is 0.217. The summed E-state index contributed by atoms with van der Waals surface area (Å²) in [7, 11) is -2.13. The van der Waals surface area contributed by atoms with E-state index >= 15 is 0 Å². The van der Waals surface area contributed by atoms with Gasteiger partial charge in [-0.3, -0.25) is 9.55 Å². The van der Waals surface area contributed by atoms with Gasteiger partial charge in [0.15, 0.2) is 5.58 Å². The second kappa shape index (κ2) is 10.2. The molecule has 38 heavy (non-hydrogen) atoms. The molecule has 0 radical (unpaired) electrons. The lowest BCUT2D eigenvalue weighted by Gasteiger charge is -2.27. The topological polar surface area (TPSA) is 115 Å². The maximum Gasteiger partial charge on any atom is 0.419 e. The van der Waals surface area contributed by atoms with Gasteiger partial charge in [-0.25, -0.2) is 17.5 Å². The van der Waals surface area contributed by atoms with Crippen molar-refractivity contribution < 1.29 is 35.8 Å². The molecule has 0 aliphatic heterocycles. The van der Waals surface area contributed by atoms with Crippen LogP contribution in [0.15, 0.2) is 62.8 Å². The Labute approximate surface area is 223 Å². The number of sulfonamides is 1. The number of aliphatic hydroxyl groups is 1. The third-order valence-corrected chi connectivity index (χ3v) is 7.88. The number of alkyl halides is 3. The number of halogens is 5. The van der Waals surface area contributed by atoms with Gasteiger partial charge in [-0.2, -0.15) is 13.2 Å². The van der Waals surface area contributed by atoms with Gasteiger partial charge in [0.2, 0.25) is 0 Å². The van der Waals surface area contributed by atoms with Crippen molar-refractivity contribution in [3.63, 3.8) is 0 Å². The number of pyridine rings is 1. The highest BCUT2D eigenvalue weighted by Crippen LogP contribution is 2.39. The highest BCUT2D eigenvalue weighted by molar-refractivity contribution is 7.92. The number of benzene rings is 2. The highest BCUT2D eigenvalue weighted by Gasteiger charge is 2.37. The molecule has 4 rings (SSSR count). The average Bonchev–Trinajstić information content (AvgIpc) is 3.14. The summed E-state index contributed by atoms with van der Waals surface area (Å²) in [5, 5.41) is 10.6. The number of hydrogen-bond donors (Lipinski definition) is 1. The summed E-state index contributed by atoms with van der Waals surface area (Å²) in [6.45, 7) is -0.682. The van der Waals surface area contributed by atoms with E-state index in [2.05, 4.69) is 4.98 Å². The molecule has 0 spiro atoms. The highest BCUT2D eigenvalue weighted by atomic mass is 35.5. The van der Waals surface area contributed by atoms with Crippen LogP contribution in [0.2, 0.25) is 10.0 Å². The SMILES string of the molecule is COCN(c1cc(Cl)cnc1C(O)c1cccc2c1oc(=O)n2C)S(=O)(=O)c1ccc(Cl)c(C(F)(F)F)c1. The van der Waals surface area contributed by atoms with Crippen molar-refractivity contribution in [3.05, 3.63) is 86.1 Å². The molecule has 0 aliphatic rings. The molecule has 0 bridgehead atoms. The Morgan fingerprint density at radius 2 is 1.92 bits per heavy atom. The molecule has 0 amide bonds. The van der Waals surface area contributed by atoms with Crippen molar-refractivity contribution in [2.45, 2.75) is 17.2 Å². The number of hydrogen-bond acceptors (Lipinski definition) is 7. The number of ether oxygens (including phenoxy) is 1. The number of aliphatic hydroxyl groups excluding tert-OH is 1. The zero-order chi connectivity index (χ0) is 28.0. The first-order valence-electron chi connectivity index (χ1n) is 10.6. The Kier molecular flexibility index (Phi) is 7.51. The van der Waals surface area contributed by atoms with Crippen molar-refractivity contribution in [2.75, 3.05) is 18.1 Å². The standard InChI is InChI=1S/C23H18Cl2F3N3O6S/c1-30-17-5-3-4-14(21(17)37-22(30)33)20(32)19-18(8-12(24)10-29-19)31(11-36-2)38(34,35)13-6-7-16(25)15(9-13)23(26,27)28/h3-10,20,32H,11H2,1-2H3. The molecule has 1 atom stereocenters. The molecule has 0 aliphatic carbocycles. The van der Waals surface area contributed by atoms with Gasteiger partial charge < -0.3 is 14.3 Å². The minimum Gasteiger partial charge on any atom is -0.407 e. The fourth-order valence-electron chi connectivity index (χ4n) is 3.78. The van der Waals surface area contributed by atoms with Gasteiger partial charge in [-0.1, -0.05) is 35.3 Å². The summed E-state index contributed by atoms with van der Waals surface area (Å²) in [4.78, 5) is 15.4. The Morgan fingerprint density at radius 3 is 2.58 bits per heavy atom. The van der Waals surface area contributed by atoms with Crippen molar-refractivity contribution >= 4 is 50.0 Å². The minimum absolute atomic E-state index is 0.0314. The average molecular weight is 592 g/mol. The number of nitrogens with zero attached hydrogens (tertiary/aromatic N) is 3. The van der Waals surface area contributed by atoms with Crippen molar-refractivity contribution in [2.24, 2.45) is 7.05 Å². The largest absolute Gasteiger partial charge is 0.419 e. The van der Waals surface area contributed by atoms with E-state index in [1.165, 1.54) is 24.8 Å². The summed E-state index contributed by atoms with van der Waals surface area (Å²) >= 11 is 11.8. The monoisotopic (exact) mass is 591 g/mol. The van der Waals surface area contributed by atoms with Crippen LogP contribution in [0.3, 0.4) is 0 Å². The number of fused-ring (bicyclic) bond motifs is 1. The molecule has 0 saturated carbocycles. The second-order valence-electron chi connectivity index (χ2n) is 7.99. The molecule has 15 heteroatoms. The maximum atomic E-state index is 13.6. The van der Waals surface area contributed by atoms with Gasteiger partial charge >= 0.3 is 11.9 Å². The Morgan fingerprint density at radius 1 is 1.21 bits per heavy atom. The summed E-state index contributed by atoms with van der Waals surface area (Å²) in [6, 6.07) is 7.84. The molecular formula is C23H18Cl2F3N3O6S. The van der Waals surface area contributed by atoms with Crippen LogP contribution in [0.1, 0.15) is 22.9 Å². The number of anilines is 1. The van der Waals surface area contributed by atoms with E-state index in [4.69, 9.17) is 32.4 Å². The van der Waals surface area contributed by atoms with E-state index in [-0.39, 0.29) is 27.6 Å². The van der Waals surface area contributed by atoms with Gasteiger partial charge in [0, 0.05) is 25.9 Å². The molecule has 1 unspecified atom stereocenters. The van der Waals surface area contributed by atoms with Crippen LogP contribution in [0, 0.1) is 0 Å². The lowest BCUT2D eigenvalue weighted by molar-refractivity contribution is -0.137. The first-order valence-corrected chi connectivity index (χ1v) is 12.8. The van der Waals surface area contributed by atoms with Gasteiger partial charge in [0.05, 0.1) is 37.4 Å². The van der Waals surface area contributed by atoms with Crippen LogP contribution in [0.25, 0.3) is 11.1 Å². The Balaban J connectivity index is 1.91. The minimum atomic E-state index is -4.92. The summed E-state index contributed by atoms with van der Waals surface area (Å²) in [5.74, 6) is -0.698. The zero-order valence-corrected chi connectivity index (χ0v) is 21.9. The summed E-state index contributed by atoms with van der Waals surface area (Å²) in [6.07, 6.45) is -5.43. The lowest BCUT2D eigenvalue weighted by atomic mass is 10.0. The van der Waals surface area contributed by atoms with Crippen LogP contribution in [-0.2, 0) is 28.0 Å². The number of methoxy groups -OCH3 is 1. The first kappa shape index (κ1) is 27.9. The number of rotatable bonds is 7. The van der Waals surface area contributed by atoms with E-state index in [1.807, 2.05) is 0 Å². The Hall–Kier alpha value is -3.10. The third-order valence-electron chi connectivity index (χ3n) is 5.61. The second-order valence-corrected chi connectivity index (χ2v) is 10.7. The lowest BCUT2D eigenvalue weighted by Crippen LogP contribution is -2.34. The molecule has 0 saturated heterocycles. The van der Waals surface area contributed by atoms with E-state index in [1.54, 1.807) is 12.1 Å². The number of aryl methyl sites for hydroxylation is 1. The van der Waals surface area contributed by atoms with E-state index < -0.39 is 50.3 Å². The predicted octanol–water partition coefficient (Wildman–Crippen LogP) is 4.73. The quantitative estimate of drug-likeness (QED) is 0.309. The molecule has 2 aromatic heterocycles. The molecule has 0 fully saturated rings. The van der Waals surface area contributed by atoms with Crippen LogP contribution in [0.4, 0.5) is 18.9 Å². The van der Waals surface area contributed by atoms with Gasteiger partial charge in [0.1, 0.15) is 12.8 Å². The summed E-state index contributed by atoms with van der Waals surface area (Å²) in [5.41, 5.74) is -1.43. The molecular weight excluding hydrogens is 574 g/mol. The van der Waals surface area contributed by atoms with Crippen molar-refractivity contribution in [1.82, 2.24) is 9.55 Å². The first-order chi connectivity index (χ1) is 17.8. The molecule has 1 N–H and O–H groups in total. The maximum absolute atomic E-state index is 13.6. The molecule has 2 aromatic carbocycles. The van der Waals surface area contributed by atoms with Crippen LogP contribution >= 0.6 is 23.2 Å². The molecule has 9 nitrogen and oxygen atoms in total. The third kappa shape index (κ3) is 4.99. The van der Waals surface area contributed by atoms with Crippen LogP contribution < -0.4 is 10.1 Å². The molecule has 2 heterocycles. The molecule has 202 valence electrons. The number of para-hydroxylation sites is 1. The smallest absolute Gasteiger partial charge is 0.407 e. The number of aromatic nitrogens is 2. The van der Waals surface area contributed by atoms with Gasteiger partial charge in [-0.15, -0.1) is 0 Å². The van der Waals surface area contributed by atoms with E-state index in [9.17, 15) is 31.5 Å². The summed E-state index contributed by atoms with van der Waals surface area (Å²) < 4.78 is 79.7. The Bertz CT molecular complexity index is 1690. The van der Waals surface area contributed by atoms with Crippen LogP contribution in [0.5, 0.6) is 0 Å². The number of oxazole rings is 1. The van der Waals surface area contributed by atoms with Gasteiger partial charge in [0.25, 0.3) is 10.0 Å². The predicted molar refractivity (Wildman–Crippen MR) is 133 cm³/mol. The normalized spacial score (nSPS) is 13.2. The zero-order valence-electron chi connectivity index (χ0n) is 19.5.